The van der Waals surface area contributed by atoms with E-state index in [1.165, 1.54) is 77.8 Å². The van der Waals surface area contributed by atoms with Gasteiger partial charge in [0.15, 0.2) is 0 Å². The molecule has 0 aromatic heterocycles. The van der Waals surface area contributed by atoms with Gasteiger partial charge in [-0.1, -0.05) is 0 Å². The van der Waals surface area contributed by atoms with E-state index in [9.17, 15) is 0 Å². The van der Waals surface area contributed by atoms with Gasteiger partial charge in [-0.3, -0.25) is 0 Å². The molecule has 0 aromatic carbocycles. The maximum absolute atomic E-state index is 5.98. The second kappa shape index (κ2) is 9.65. The molecule has 1 aliphatic heterocycles. The average molecular weight is 439 g/mol. The summed E-state index contributed by atoms with van der Waals surface area (Å²) in [4.78, 5) is 7.20. The van der Waals surface area contributed by atoms with Crippen molar-refractivity contribution in [1.82, 2.24) is 14.7 Å². The van der Waals surface area contributed by atoms with Crippen LogP contribution in [0.3, 0.4) is 0 Å². The van der Waals surface area contributed by atoms with E-state index >= 15 is 0 Å². The van der Waals surface area contributed by atoms with E-state index in [2.05, 4.69) is 35.8 Å². The Morgan fingerprint density at radius 2 is 1.00 bits per heavy atom. The fourth-order valence-electron chi connectivity index (χ4n) is 5.74. The second-order valence-corrected chi connectivity index (χ2v) is 14.3. The first-order valence-electron chi connectivity index (χ1n) is 10.3. The molecule has 0 amide bonds. The quantitative estimate of drug-likeness (QED) is 0.580. The van der Waals surface area contributed by atoms with Gasteiger partial charge >= 0.3 is 99.4 Å². The van der Waals surface area contributed by atoms with Crippen molar-refractivity contribution in [3.8, 4) is 0 Å². The van der Waals surface area contributed by atoms with Gasteiger partial charge in [0, 0.05) is 39.3 Å². The van der Waals surface area contributed by atoms with Crippen LogP contribution in [0.4, 0.5) is 0 Å². The maximum atomic E-state index is 5.98. The Bertz CT molecular complexity index is 427. The Kier molecular flexibility index (Phi) is 8.05. The van der Waals surface area contributed by atoms with Crippen molar-refractivity contribution in [2.75, 3.05) is 60.4 Å². The van der Waals surface area contributed by atoms with Gasteiger partial charge in [0.2, 0.25) is 0 Å². The molecule has 1 heterocycles. The Labute approximate surface area is 174 Å². The number of rotatable bonds is 1. The van der Waals surface area contributed by atoms with Gasteiger partial charge in [-0.15, -0.1) is 0 Å². The summed E-state index contributed by atoms with van der Waals surface area (Å²) in [7, 11) is 18.6. The third-order valence-electron chi connectivity index (χ3n) is 6.92. The van der Waals surface area contributed by atoms with Gasteiger partial charge in [0.25, 0.3) is 0 Å². The monoisotopic (exact) mass is 438 g/mol. The zero-order chi connectivity index (χ0) is 18.7. The minimum atomic E-state index is -2.01. The van der Waals surface area contributed by atoms with Gasteiger partial charge in [0.05, 0.1) is 0 Å². The molecule has 0 N–H and O–H groups in total. The predicted molar refractivity (Wildman–Crippen MR) is 108 cm³/mol. The van der Waals surface area contributed by atoms with E-state index in [1.54, 1.807) is 0 Å². The summed E-state index contributed by atoms with van der Waals surface area (Å²) in [6, 6.07) is 0. The second-order valence-electron chi connectivity index (χ2n) is 9.40. The normalized spacial score (nSPS) is 38.7. The van der Waals surface area contributed by atoms with Gasteiger partial charge in [0.1, 0.15) is 0 Å². The molecular formula is C19H36Cl2N4Ti. The predicted octanol–water partition coefficient (Wildman–Crippen LogP) is 3.86. The van der Waals surface area contributed by atoms with Crippen molar-refractivity contribution in [3.05, 3.63) is 0 Å². The first-order valence-corrected chi connectivity index (χ1v) is 15.3. The number of hydrogen-bond acceptors (Lipinski definition) is 4. The zero-order valence-electron chi connectivity index (χ0n) is 16.8. The molecular weight excluding hydrogens is 403 g/mol. The Morgan fingerprint density at radius 1 is 0.692 bits per heavy atom. The molecule has 1 saturated heterocycles. The molecule has 0 spiro atoms. The van der Waals surface area contributed by atoms with E-state index in [0.717, 1.165) is 17.8 Å². The molecule has 0 unspecified atom stereocenters. The summed E-state index contributed by atoms with van der Waals surface area (Å²) < 4.78 is 4.77. The van der Waals surface area contributed by atoms with Crippen LogP contribution < -0.4 is 0 Å². The van der Waals surface area contributed by atoms with Crippen LogP contribution in [-0.2, 0) is 15.6 Å². The molecule has 4 aliphatic carbocycles. The van der Waals surface area contributed by atoms with Crippen molar-refractivity contribution in [3.63, 3.8) is 0 Å². The van der Waals surface area contributed by atoms with Crippen LogP contribution in [0, 0.1) is 17.8 Å². The van der Waals surface area contributed by atoms with Crippen LogP contribution in [0.2, 0.25) is 0 Å². The summed E-state index contributed by atoms with van der Waals surface area (Å²) in [6.07, 6.45) is 8.30. The van der Waals surface area contributed by atoms with Gasteiger partial charge < -0.3 is 14.7 Å². The molecule has 0 aromatic rings. The molecule has 150 valence electrons. The Hall–Kier alpha value is 0.974. The topological polar surface area (TPSA) is 22.1 Å². The van der Waals surface area contributed by atoms with Crippen molar-refractivity contribution in [1.29, 1.82) is 0 Å². The standard InChI is InChI=1S/C10H15N.C9H21N3.2ClH.Ti/c11-10-4-7-1-8(5-10)3-9(2-7)6-10;1-10-4-6-11(2)8-9-12(3)7-5-10;;;/h7-9H,1-6H2;4-9H2,1-3H3;2*1H;/q;;;;+2/p-2. The fraction of sp³-hybridized carbons (Fsp3) is 1.00. The molecule has 4 saturated carbocycles. The average Bonchev–Trinajstić information content (AvgIpc) is 2.60. The summed E-state index contributed by atoms with van der Waals surface area (Å²) in [6.45, 7) is 7.19. The molecule has 7 heteroatoms. The van der Waals surface area contributed by atoms with Crippen LogP contribution >= 0.6 is 18.6 Å². The van der Waals surface area contributed by atoms with Crippen molar-refractivity contribution in [2.24, 2.45) is 21.2 Å². The van der Waals surface area contributed by atoms with E-state index in [4.69, 9.17) is 22.0 Å². The van der Waals surface area contributed by atoms with E-state index in [-0.39, 0.29) is 5.54 Å². The molecule has 0 atom stereocenters. The summed E-state index contributed by atoms with van der Waals surface area (Å²) in [5, 5.41) is 0. The van der Waals surface area contributed by atoms with E-state index in [1.807, 2.05) is 0 Å². The molecule has 26 heavy (non-hydrogen) atoms. The van der Waals surface area contributed by atoms with Gasteiger partial charge in [-0.2, -0.15) is 0 Å². The SMILES string of the molecule is CN1CCN(C)CCN(C)CC1.[Cl][Ti]([Cl])=[N]C12CC3CC(CC(C3)C1)C2. The van der Waals surface area contributed by atoms with Crippen LogP contribution in [0.1, 0.15) is 38.5 Å². The summed E-state index contributed by atoms with van der Waals surface area (Å²) in [5.41, 5.74) is 0.258. The number of halogens is 2. The third-order valence-corrected chi connectivity index (χ3v) is 8.62. The van der Waals surface area contributed by atoms with Crippen LogP contribution in [-0.4, -0.2) is 80.7 Å². The van der Waals surface area contributed by atoms with Crippen molar-refractivity contribution in [2.45, 2.75) is 44.1 Å². The molecule has 0 radical (unpaired) electrons. The van der Waals surface area contributed by atoms with Gasteiger partial charge in [-0.05, 0) is 21.1 Å². The Morgan fingerprint density at radius 3 is 1.27 bits per heavy atom. The third kappa shape index (κ3) is 6.24. The molecule has 5 fully saturated rings. The van der Waals surface area contributed by atoms with E-state index < -0.39 is 15.6 Å². The molecule has 5 rings (SSSR count). The molecule has 4 nitrogen and oxygen atoms in total. The molecule has 4 bridgehead atoms. The number of hydrogen-bond donors (Lipinski definition) is 0. The summed E-state index contributed by atoms with van der Waals surface area (Å²) in [5.74, 6) is 2.86. The van der Waals surface area contributed by atoms with Crippen LogP contribution in [0.25, 0.3) is 0 Å². The molecule has 5 aliphatic rings. The van der Waals surface area contributed by atoms with Crippen molar-refractivity contribution >= 4 is 18.6 Å². The Balaban J connectivity index is 0.000000153. The minimum absolute atomic E-state index is 0.258. The van der Waals surface area contributed by atoms with E-state index in [0.29, 0.717) is 0 Å². The van der Waals surface area contributed by atoms with Crippen LogP contribution in [0.15, 0.2) is 3.42 Å². The van der Waals surface area contributed by atoms with Crippen LogP contribution in [0.5, 0.6) is 0 Å². The first-order chi connectivity index (χ1) is 12.3. The van der Waals surface area contributed by atoms with Gasteiger partial charge in [-0.25, -0.2) is 0 Å². The zero-order valence-corrected chi connectivity index (χ0v) is 19.8. The number of likely N-dealkylation sites (N-methyl/N-ethyl adjacent to an activating group) is 3. The summed E-state index contributed by atoms with van der Waals surface area (Å²) >= 11 is -2.01. The fourth-order valence-corrected chi connectivity index (χ4v) is 8.21. The number of nitrogens with zero attached hydrogens (tertiary/aromatic N) is 4. The first kappa shape index (κ1) is 21.7. The van der Waals surface area contributed by atoms with Crippen molar-refractivity contribution < 1.29 is 15.6 Å².